The normalized spacial score (nSPS) is 12.5. The Morgan fingerprint density at radius 3 is 2.92 bits per heavy atom. The summed E-state index contributed by atoms with van der Waals surface area (Å²) in [6.45, 7) is 1.54. The molecule has 1 rings (SSSR count). The average Bonchev–Trinajstić information content (AvgIpc) is 2.04. The Bertz CT molecular complexity index is 296. The van der Waals surface area contributed by atoms with Gasteiger partial charge in [0.15, 0.2) is 0 Å². The van der Waals surface area contributed by atoms with Crippen LogP contribution in [0.3, 0.4) is 0 Å². The molecule has 1 aromatic rings. The fraction of sp³-hybridized carbons (Fsp3) is 0.250. The highest BCUT2D eigenvalue weighted by molar-refractivity contribution is 5.34. The number of aliphatic hydroxyl groups excluding tert-OH is 1. The number of nitrogens with zero attached hydrogens (tertiary/aromatic N) is 1. The number of rotatable bonds is 2. The zero-order chi connectivity index (χ0) is 9.14. The predicted molar refractivity (Wildman–Crippen MR) is 42.6 cm³/mol. The first-order chi connectivity index (χ1) is 5.61. The maximum absolute atomic E-state index is 10.3. The molecule has 0 bridgehead atoms. The topological polar surface area (TPSA) is 63.4 Å². The molecular weight excluding hydrogens is 158 g/mol. The molecule has 4 nitrogen and oxygen atoms in total. The second-order valence-electron chi connectivity index (χ2n) is 2.44. The number of nitro benzene ring substituents is 1. The van der Waals surface area contributed by atoms with Crippen molar-refractivity contribution in [1.29, 1.82) is 0 Å². The van der Waals surface area contributed by atoms with E-state index in [-0.39, 0.29) is 5.69 Å². The molecule has 1 aromatic carbocycles. The molecule has 12 heavy (non-hydrogen) atoms. The molecule has 0 aliphatic carbocycles. The van der Waals surface area contributed by atoms with Gasteiger partial charge in [0.25, 0.3) is 5.69 Å². The van der Waals surface area contributed by atoms with E-state index in [1.54, 1.807) is 0 Å². The summed E-state index contributed by atoms with van der Waals surface area (Å²) in [5.41, 5.74) is 0.411. The van der Waals surface area contributed by atoms with Crippen molar-refractivity contribution in [3.05, 3.63) is 39.9 Å². The summed E-state index contributed by atoms with van der Waals surface area (Å²) >= 11 is 0. The van der Waals surface area contributed by atoms with Gasteiger partial charge in [-0.05, 0) is 24.6 Å². The molecule has 0 amide bonds. The van der Waals surface area contributed by atoms with E-state index in [9.17, 15) is 10.1 Å². The number of non-ortho nitro benzene ring substituents is 1. The lowest BCUT2D eigenvalue weighted by Crippen LogP contribution is -1.93. The van der Waals surface area contributed by atoms with Crippen LogP contribution in [0.4, 0.5) is 5.69 Å². The molecule has 0 spiro atoms. The van der Waals surface area contributed by atoms with Crippen molar-refractivity contribution in [3.8, 4) is 0 Å². The fourth-order valence-electron chi connectivity index (χ4n) is 0.827. The number of benzene rings is 1. The minimum atomic E-state index is -0.718. The largest absolute Gasteiger partial charge is 0.389 e. The van der Waals surface area contributed by atoms with Crippen molar-refractivity contribution in [2.24, 2.45) is 0 Å². The smallest absolute Gasteiger partial charge is 0.269 e. The predicted octanol–water partition coefficient (Wildman–Crippen LogP) is 1.45. The summed E-state index contributed by atoms with van der Waals surface area (Å²) in [6.07, 6.45) is -0.718. The summed E-state index contributed by atoms with van der Waals surface area (Å²) in [7, 11) is 0. The molecule has 0 aliphatic heterocycles. The molecule has 0 fully saturated rings. The third-order valence-corrected chi connectivity index (χ3v) is 1.47. The molecule has 4 heteroatoms. The Balaban J connectivity index is 3.04. The van der Waals surface area contributed by atoms with Crippen LogP contribution < -0.4 is 0 Å². The maximum Gasteiger partial charge on any atom is 0.269 e. The Morgan fingerprint density at radius 2 is 2.42 bits per heavy atom. The van der Waals surface area contributed by atoms with Gasteiger partial charge in [0.2, 0.25) is 0 Å². The van der Waals surface area contributed by atoms with Crippen LogP contribution in [0, 0.1) is 16.2 Å². The van der Waals surface area contributed by atoms with Crippen molar-refractivity contribution < 1.29 is 10.0 Å². The Labute approximate surface area is 69.6 Å². The zero-order valence-corrected chi connectivity index (χ0v) is 6.52. The molecule has 0 saturated carbocycles. The van der Waals surface area contributed by atoms with Gasteiger partial charge in [0, 0.05) is 12.1 Å². The minimum absolute atomic E-state index is 0.0235. The van der Waals surface area contributed by atoms with Gasteiger partial charge in [-0.3, -0.25) is 10.1 Å². The molecule has 1 radical (unpaired) electrons. The SMILES string of the molecule is CC(O)c1[c]ccc([N+](=O)[O-])c1. The highest BCUT2D eigenvalue weighted by Crippen LogP contribution is 2.17. The highest BCUT2D eigenvalue weighted by atomic mass is 16.6. The lowest BCUT2D eigenvalue weighted by atomic mass is 10.1. The van der Waals surface area contributed by atoms with E-state index in [1.807, 2.05) is 0 Å². The van der Waals surface area contributed by atoms with Gasteiger partial charge in [-0.15, -0.1) is 0 Å². The summed E-state index contributed by atoms with van der Waals surface area (Å²) < 4.78 is 0. The van der Waals surface area contributed by atoms with E-state index >= 15 is 0 Å². The van der Waals surface area contributed by atoms with Gasteiger partial charge in [-0.25, -0.2) is 0 Å². The molecule has 0 heterocycles. The van der Waals surface area contributed by atoms with Crippen LogP contribution in [0.25, 0.3) is 0 Å². The zero-order valence-electron chi connectivity index (χ0n) is 6.52. The summed E-state index contributed by atoms with van der Waals surface area (Å²) in [4.78, 5) is 9.79. The molecule has 63 valence electrons. The second kappa shape index (κ2) is 3.32. The summed E-state index contributed by atoms with van der Waals surface area (Å²) in [5, 5.41) is 19.4. The lowest BCUT2D eigenvalue weighted by Gasteiger charge is -2.01. The van der Waals surface area contributed by atoms with Crippen LogP contribution in [-0.4, -0.2) is 10.0 Å². The van der Waals surface area contributed by atoms with Gasteiger partial charge in [-0.1, -0.05) is 0 Å². The van der Waals surface area contributed by atoms with Crippen LogP contribution in [0.2, 0.25) is 0 Å². The van der Waals surface area contributed by atoms with Gasteiger partial charge in [0.05, 0.1) is 11.0 Å². The van der Waals surface area contributed by atoms with Crippen LogP contribution in [0.1, 0.15) is 18.6 Å². The Morgan fingerprint density at radius 1 is 1.75 bits per heavy atom. The molecule has 0 aromatic heterocycles. The molecule has 0 saturated heterocycles. The first kappa shape index (κ1) is 8.67. The lowest BCUT2D eigenvalue weighted by molar-refractivity contribution is -0.385. The number of aliphatic hydroxyl groups is 1. The van der Waals surface area contributed by atoms with E-state index in [2.05, 4.69) is 6.07 Å². The van der Waals surface area contributed by atoms with Crippen molar-refractivity contribution in [2.45, 2.75) is 13.0 Å². The van der Waals surface area contributed by atoms with Crippen molar-refractivity contribution >= 4 is 5.69 Å². The van der Waals surface area contributed by atoms with Crippen LogP contribution in [0.5, 0.6) is 0 Å². The standard InChI is InChI=1S/C8H8NO3/c1-6(10)7-3-2-4-8(5-7)9(11)12/h2,4-6,10H,1H3. The highest BCUT2D eigenvalue weighted by Gasteiger charge is 2.08. The monoisotopic (exact) mass is 166 g/mol. The van der Waals surface area contributed by atoms with Gasteiger partial charge in [0.1, 0.15) is 0 Å². The Kier molecular flexibility index (Phi) is 2.40. The van der Waals surface area contributed by atoms with E-state index < -0.39 is 11.0 Å². The van der Waals surface area contributed by atoms with E-state index in [1.165, 1.54) is 25.1 Å². The fourth-order valence-corrected chi connectivity index (χ4v) is 0.827. The van der Waals surface area contributed by atoms with Crippen molar-refractivity contribution in [1.82, 2.24) is 0 Å². The maximum atomic E-state index is 10.3. The van der Waals surface area contributed by atoms with Crippen LogP contribution in [0.15, 0.2) is 18.2 Å². The Hall–Kier alpha value is -1.42. The average molecular weight is 166 g/mol. The summed E-state index contributed by atoms with van der Waals surface area (Å²) in [6, 6.07) is 6.79. The molecular formula is C8H8NO3. The third kappa shape index (κ3) is 1.79. The minimum Gasteiger partial charge on any atom is -0.389 e. The first-order valence-electron chi connectivity index (χ1n) is 3.45. The third-order valence-electron chi connectivity index (χ3n) is 1.47. The number of hydrogen-bond donors (Lipinski definition) is 1. The van der Waals surface area contributed by atoms with Crippen LogP contribution in [-0.2, 0) is 0 Å². The molecule has 1 unspecified atom stereocenters. The van der Waals surface area contributed by atoms with Gasteiger partial charge < -0.3 is 5.11 Å². The second-order valence-corrected chi connectivity index (χ2v) is 2.44. The van der Waals surface area contributed by atoms with Crippen molar-refractivity contribution in [2.75, 3.05) is 0 Å². The quantitative estimate of drug-likeness (QED) is 0.534. The number of hydrogen-bond acceptors (Lipinski definition) is 3. The molecule has 1 N–H and O–H groups in total. The molecule has 1 atom stereocenters. The molecule has 0 aliphatic rings. The van der Waals surface area contributed by atoms with E-state index in [0.717, 1.165) is 0 Å². The summed E-state index contributed by atoms with van der Waals surface area (Å²) in [5.74, 6) is 0. The van der Waals surface area contributed by atoms with Gasteiger partial charge >= 0.3 is 0 Å². The van der Waals surface area contributed by atoms with Gasteiger partial charge in [-0.2, -0.15) is 0 Å². The first-order valence-corrected chi connectivity index (χ1v) is 3.45. The van der Waals surface area contributed by atoms with E-state index in [4.69, 9.17) is 5.11 Å². The van der Waals surface area contributed by atoms with Crippen LogP contribution >= 0.6 is 0 Å². The van der Waals surface area contributed by atoms with E-state index in [0.29, 0.717) is 5.56 Å². The number of nitro groups is 1. The van der Waals surface area contributed by atoms with Crippen molar-refractivity contribution in [3.63, 3.8) is 0 Å².